The van der Waals surface area contributed by atoms with Crippen molar-refractivity contribution in [3.05, 3.63) is 0 Å². The van der Waals surface area contributed by atoms with E-state index in [1.165, 1.54) is 0 Å². The number of rotatable bonds is 2. The number of nitrogens with two attached hydrogens (primary N) is 1. The van der Waals surface area contributed by atoms with Crippen molar-refractivity contribution < 1.29 is 9.53 Å². The van der Waals surface area contributed by atoms with E-state index in [1.807, 2.05) is 20.8 Å². The number of hydrogen-bond donors (Lipinski definition) is 2. The molecule has 0 aromatic carbocycles. The summed E-state index contributed by atoms with van der Waals surface area (Å²) in [7, 11) is 0. The molecule has 4 nitrogen and oxygen atoms in total. The first-order valence-electron chi connectivity index (χ1n) is 4.59. The van der Waals surface area contributed by atoms with Crippen molar-refractivity contribution in [2.45, 2.75) is 32.4 Å². The van der Waals surface area contributed by atoms with Crippen molar-refractivity contribution in [2.75, 3.05) is 13.1 Å². The standard InChI is InChI=1S/C9H18N2O2.ClH/c1-9(2,3)13-8(12)7(10)6-4-11-5-6;/h6-7,11H,4-5,10H2,1-3H3;1H. The Morgan fingerprint density at radius 1 is 1.50 bits per heavy atom. The van der Waals surface area contributed by atoms with E-state index in [0.717, 1.165) is 13.1 Å². The number of hydrogen-bond acceptors (Lipinski definition) is 4. The van der Waals surface area contributed by atoms with Crippen LogP contribution < -0.4 is 11.1 Å². The van der Waals surface area contributed by atoms with Crippen molar-refractivity contribution >= 4 is 18.4 Å². The van der Waals surface area contributed by atoms with Gasteiger partial charge in [0.2, 0.25) is 0 Å². The molecule has 0 saturated carbocycles. The molecular weight excluding hydrogens is 204 g/mol. The molecule has 1 atom stereocenters. The van der Waals surface area contributed by atoms with Gasteiger partial charge in [0.05, 0.1) is 0 Å². The average Bonchev–Trinajstić information content (AvgIpc) is 1.78. The van der Waals surface area contributed by atoms with Crippen LogP contribution in [0.1, 0.15) is 20.8 Å². The molecule has 1 aliphatic rings. The van der Waals surface area contributed by atoms with E-state index in [0.29, 0.717) is 0 Å². The van der Waals surface area contributed by atoms with Gasteiger partial charge in [-0.25, -0.2) is 0 Å². The molecule has 3 N–H and O–H groups in total. The number of carbonyl (C=O) groups excluding carboxylic acids is 1. The second-order valence-corrected chi connectivity index (χ2v) is 4.48. The summed E-state index contributed by atoms with van der Waals surface area (Å²) in [6.07, 6.45) is 0. The number of esters is 1. The monoisotopic (exact) mass is 222 g/mol. The maximum Gasteiger partial charge on any atom is 0.323 e. The van der Waals surface area contributed by atoms with Crippen molar-refractivity contribution in [1.82, 2.24) is 5.32 Å². The van der Waals surface area contributed by atoms with Crippen LogP contribution >= 0.6 is 12.4 Å². The summed E-state index contributed by atoms with van der Waals surface area (Å²) in [5.41, 5.74) is 5.28. The summed E-state index contributed by atoms with van der Waals surface area (Å²) in [4.78, 5) is 11.4. The third kappa shape index (κ3) is 3.82. The molecule has 1 heterocycles. The molecule has 5 heteroatoms. The minimum absolute atomic E-state index is 0. The Balaban J connectivity index is 0.00000169. The van der Waals surface area contributed by atoms with Crippen LogP contribution in [0, 0.1) is 5.92 Å². The smallest absolute Gasteiger partial charge is 0.323 e. The largest absolute Gasteiger partial charge is 0.459 e. The van der Waals surface area contributed by atoms with Crippen molar-refractivity contribution in [2.24, 2.45) is 11.7 Å². The molecule has 1 fully saturated rings. The van der Waals surface area contributed by atoms with Crippen LogP contribution in [0.15, 0.2) is 0 Å². The zero-order chi connectivity index (χ0) is 10.1. The highest BCUT2D eigenvalue weighted by Gasteiger charge is 2.32. The van der Waals surface area contributed by atoms with Gasteiger partial charge in [-0.15, -0.1) is 12.4 Å². The predicted molar refractivity (Wildman–Crippen MR) is 57.4 cm³/mol. The summed E-state index contributed by atoms with van der Waals surface area (Å²) in [5.74, 6) is -0.0474. The molecule has 1 saturated heterocycles. The Bertz CT molecular complexity index is 199. The van der Waals surface area contributed by atoms with Gasteiger partial charge >= 0.3 is 5.97 Å². The van der Waals surface area contributed by atoms with E-state index in [9.17, 15) is 4.79 Å². The Morgan fingerprint density at radius 2 is 2.00 bits per heavy atom. The third-order valence-electron chi connectivity index (χ3n) is 2.00. The second-order valence-electron chi connectivity index (χ2n) is 4.48. The lowest BCUT2D eigenvalue weighted by atomic mass is 9.94. The molecule has 0 bridgehead atoms. The number of carbonyl (C=O) groups is 1. The molecule has 0 aromatic rings. The van der Waals surface area contributed by atoms with Gasteiger partial charge in [0.1, 0.15) is 11.6 Å². The van der Waals surface area contributed by atoms with Gasteiger partial charge < -0.3 is 15.8 Å². The molecule has 1 rings (SSSR count). The van der Waals surface area contributed by atoms with Crippen LogP contribution in [0.4, 0.5) is 0 Å². The summed E-state index contributed by atoms with van der Waals surface area (Å²) < 4.78 is 5.16. The Hall–Kier alpha value is -0.320. The van der Waals surface area contributed by atoms with Gasteiger partial charge in [-0.05, 0) is 20.8 Å². The second kappa shape index (κ2) is 4.96. The third-order valence-corrected chi connectivity index (χ3v) is 2.00. The molecule has 14 heavy (non-hydrogen) atoms. The number of nitrogens with one attached hydrogen (secondary N) is 1. The van der Waals surface area contributed by atoms with Gasteiger partial charge in [0, 0.05) is 19.0 Å². The predicted octanol–water partition coefficient (Wildman–Crippen LogP) is 0.297. The quantitative estimate of drug-likeness (QED) is 0.660. The number of ether oxygens (including phenoxy) is 1. The summed E-state index contributed by atoms with van der Waals surface area (Å²) in [5, 5.41) is 3.07. The Morgan fingerprint density at radius 3 is 2.29 bits per heavy atom. The van der Waals surface area contributed by atoms with Gasteiger partial charge in [-0.1, -0.05) is 0 Å². The van der Waals surface area contributed by atoms with E-state index in [-0.39, 0.29) is 24.3 Å². The number of halogens is 1. The zero-order valence-corrected chi connectivity index (χ0v) is 9.69. The van der Waals surface area contributed by atoms with Crippen molar-refractivity contribution in [3.63, 3.8) is 0 Å². The highest BCUT2D eigenvalue weighted by atomic mass is 35.5. The maximum absolute atomic E-state index is 11.4. The highest BCUT2D eigenvalue weighted by Crippen LogP contribution is 2.13. The molecule has 0 radical (unpaired) electrons. The first-order chi connectivity index (χ1) is 5.90. The zero-order valence-electron chi connectivity index (χ0n) is 8.87. The molecule has 0 aromatic heterocycles. The topological polar surface area (TPSA) is 64.3 Å². The molecular formula is C9H19ClN2O2. The van der Waals surface area contributed by atoms with E-state index < -0.39 is 11.6 Å². The van der Waals surface area contributed by atoms with E-state index in [4.69, 9.17) is 10.5 Å². The van der Waals surface area contributed by atoms with Gasteiger partial charge in [-0.2, -0.15) is 0 Å². The summed E-state index contributed by atoms with van der Waals surface area (Å²) >= 11 is 0. The van der Waals surface area contributed by atoms with E-state index >= 15 is 0 Å². The van der Waals surface area contributed by atoms with Crippen LogP contribution in [0.2, 0.25) is 0 Å². The summed E-state index contributed by atoms with van der Waals surface area (Å²) in [6.45, 7) is 7.17. The Labute approximate surface area is 91.0 Å². The maximum atomic E-state index is 11.4. The lowest BCUT2D eigenvalue weighted by molar-refractivity contribution is -0.158. The van der Waals surface area contributed by atoms with Crippen molar-refractivity contribution in [3.8, 4) is 0 Å². The first-order valence-corrected chi connectivity index (χ1v) is 4.59. The molecule has 84 valence electrons. The van der Waals surface area contributed by atoms with E-state index in [1.54, 1.807) is 0 Å². The lowest BCUT2D eigenvalue weighted by Gasteiger charge is -2.32. The SMILES string of the molecule is CC(C)(C)OC(=O)C(N)C1CNC1.Cl. The van der Waals surface area contributed by atoms with Crippen LogP contribution in [-0.4, -0.2) is 30.7 Å². The van der Waals surface area contributed by atoms with Gasteiger partial charge in [0.15, 0.2) is 0 Å². The van der Waals surface area contributed by atoms with E-state index in [2.05, 4.69) is 5.32 Å². The lowest BCUT2D eigenvalue weighted by Crippen LogP contribution is -2.55. The highest BCUT2D eigenvalue weighted by molar-refractivity contribution is 5.85. The van der Waals surface area contributed by atoms with Gasteiger partial charge in [0.25, 0.3) is 0 Å². The van der Waals surface area contributed by atoms with Crippen molar-refractivity contribution in [1.29, 1.82) is 0 Å². The average molecular weight is 223 g/mol. The molecule has 0 amide bonds. The molecule has 1 aliphatic heterocycles. The first kappa shape index (κ1) is 13.7. The molecule has 0 aliphatic carbocycles. The normalized spacial score (nSPS) is 19.1. The minimum atomic E-state index is -0.472. The van der Waals surface area contributed by atoms with Crippen LogP contribution in [-0.2, 0) is 9.53 Å². The summed E-state index contributed by atoms with van der Waals surface area (Å²) in [6, 6.07) is -0.472. The fraction of sp³-hybridized carbons (Fsp3) is 0.889. The van der Waals surface area contributed by atoms with Gasteiger partial charge in [-0.3, -0.25) is 4.79 Å². The van der Waals surface area contributed by atoms with Crippen LogP contribution in [0.3, 0.4) is 0 Å². The van der Waals surface area contributed by atoms with Crippen LogP contribution in [0.25, 0.3) is 0 Å². The minimum Gasteiger partial charge on any atom is -0.459 e. The fourth-order valence-corrected chi connectivity index (χ4v) is 1.13. The molecule has 0 spiro atoms. The Kier molecular flexibility index (Phi) is 4.84. The molecule has 1 unspecified atom stereocenters. The fourth-order valence-electron chi connectivity index (χ4n) is 1.13. The van der Waals surface area contributed by atoms with Crippen LogP contribution in [0.5, 0.6) is 0 Å².